The summed E-state index contributed by atoms with van der Waals surface area (Å²) in [4.78, 5) is 2.64. The minimum absolute atomic E-state index is 0. The molecule has 3 atom stereocenters. The zero-order valence-electron chi connectivity index (χ0n) is 10.2. The molecule has 1 aliphatic carbocycles. The van der Waals surface area contributed by atoms with Gasteiger partial charge in [0.1, 0.15) is 0 Å². The van der Waals surface area contributed by atoms with Crippen molar-refractivity contribution in [1.29, 1.82) is 0 Å². The summed E-state index contributed by atoms with van der Waals surface area (Å²) in [6.45, 7) is 4.72. The molecule has 0 bridgehead atoms. The van der Waals surface area contributed by atoms with Crippen LogP contribution in [0.2, 0.25) is 0 Å². The van der Waals surface area contributed by atoms with Crippen molar-refractivity contribution in [2.24, 2.45) is 11.8 Å². The van der Waals surface area contributed by atoms with E-state index in [0.29, 0.717) is 0 Å². The number of rotatable bonds is 1. The number of aliphatic hydroxyl groups is 1. The number of nitrogens with zero attached hydrogens (tertiary/aromatic N) is 1. The van der Waals surface area contributed by atoms with E-state index in [9.17, 15) is 5.11 Å². The molecule has 2 N–H and O–H groups in total. The maximum absolute atomic E-state index is 9.52. The van der Waals surface area contributed by atoms with Gasteiger partial charge in [-0.25, -0.2) is 0 Å². The van der Waals surface area contributed by atoms with Gasteiger partial charge in [-0.05, 0) is 50.6 Å². The van der Waals surface area contributed by atoms with Gasteiger partial charge in [0, 0.05) is 19.1 Å². The zero-order valence-corrected chi connectivity index (χ0v) is 11.8. The standard InChI is InChI=1S/C12H22N2O.2ClH/c15-10-3-5-14(6-4-10)12-2-1-9-7-13-8-11(9)12;;/h9-13,15H,1-8H2;2*1H. The summed E-state index contributed by atoms with van der Waals surface area (Å²) in [5.41, 5.74) is 0. The fraction of sp³-hybridized carbons (Fsp3) is 1.00. The molecule has 0 aromatic heterocycles. The lowest BCUT2D eigenvalue weighted by molar-refractivity contribution is 0.0505. The Balaban J connectivity index is 0.000000722. The van der Waals surface area contributed by atoms with Crippen LogP contribution < -0.4 is 5.32 Å². The fourth-order valence-electron chi connectivity index (χ4n) is 3.79. The van der Waals surface area contributed by atoms with Crippen molar-refractivity contribution >= 4 is 24.8 Å². The molecular weight excluding hydrogens is 259 g/mol. The van der Waals surface area contributed by atoms with Crippen LogP contribution in [0.15, 0.2) is 0 Å². The lowest BCUT2D eigenvalue weighted by Crippen LogP contribution is -2.45. The van der Waals surface area contributed by atoms with Gasteiger partial charge in [0.05, 0.1) is 6.10 Å². The van der Waals surface area contributed by atoms with Crippen molar-refractivity contribution in [1.82, 2.24) is 10.2 Å². The predicted octanol–water partition coefficient (Wildman–Crippen LogP) is 1.28. The molecule has 0 aromatic rings. The van der Waals surface area contributed by atoms with Crippen molar-refractivity contribution < 1.29 is 5.11 Å². The molecule has 3 nitrogen and oxygen atoms in total. The number of halogens is 2. The van der Waals surface area contributed by atoms with Crippen molar-refractivity contribution in [2.45, 2.75) is 37.8 Å². The van der Waals surface area contributed by atoms with Crippen LogP contribution in [0.4, 0.5) is 0 Å². The number of piperidine rings is 1. The summed E-state index contributed by atoms with van der Waals surface area (Å²) in [7, 11) is 0. The van der Waals surface area contributed by atoms with Gasteiger partial charge in [-0.2, -0.15) is 0 Å². The quantitative estimate of drug-likeness (QED) is 0.761. The molecule has 0 spiro atoms. The maximum atomic E-state index is 9.52. The van der Waals surface area contributed by atoms with E-state index in [0.717, 1.165) is 43.8 Å². The van der Waals surface area contributed by atoms with E-state index in [2.05, 4.69) is 10.2 Å². The van der Waals surface area contributed by atoms with Crippen molar-refractivity contribution in [3.8, 4) is 0 Å². The molecule has 3 aliphatic rings. The molecule has 3 rings (SSSR count). The monoisotopic (exact) mass is 282 g/mol. The Labute approximate surface area is 116 Å². The number of fused-ring (bicyclic) bond motifs is 1. The Kier molecular flexibility index (Phi) is 6.00. The Hall–Kier alpha value is 0.460. The predicted molar refractivity (Wildman–Crippen MR) is 74.2 cm³/mol. The summed E-state index contributed by atoms with van der Waals surface area (Å²) < 4.78 is 0. The maximum Gasteiger partial charge on any atom is 0.0564 e. The number of likely N-dealkylation sites (tertiary alicyclic amines) is 1. The molecule has 2 heterocycles. The molecule has 3 unspecified atom stereocenters. The van der Waals surface area contributed by atoms with Crippen LogP contribution in [0.3, 0.4) is 0 Å². The van der Waals surface area contributed by atoms with Gasteiger partial charge >= 0.3 is 0 Å². The SMILES string of the molecule is Cl.Cl.OC1CCN(C2CCC3CNCC32)CC1. The van der Waals surface area contributed by atoms with E-state index < -0.39 is 0 Å². The normalized spacial score (nSPS) is 38.3. The van der Waals surface area contributed by atoms with Gasteiger partial charge in [-0.3, -0.25) is 4.90 Å². The first-order valence-electron chi connectivity index (χ1n) is 6.47. The topological polar surface area (TPSA) is 35.5 Å². The minimum Gasteiger partial charge on any atom is -0.393 e. The Bertz CT molecular complexity index is 235. The van der Waals surface area contributed by atoms with Crippen molar-refractivity contribution in [2.75, 3.05) is 26.2 Å². The van der Waals surface area contributed by atoms with Gasteiger partial charge in [-0.1, -0.05) is 0 Å². The Morgan fingerprint density at radius 1 is 0.941 bits per heavy atom. The van der Waals surface area contributed by atoms with E-state index >= 15 is 0 Å². The van der Waals surface area contributed by atoms with Gasteiger partial charge in [-0.15, -0.1) is 24.8 Å². The number of nitrogens with one attached hydrogen (secondary N) is 1. The van der Waals surface area contributed by atoms with E-state index in [4.69, 9.17) is 0 Å². The highest BCUT2D eigenvalue weighted by atomic mass is 35.5. The van der Waals surface area contributed by atoms with Crippen molar-refractivity contribution in [3.05, 3.63) is 0 Å². The first-order chi connectivity index (χ1) is 7.34. The first kappa shape index (κ1) is 15.5. The molecule has 2 saturated heterocycles. The van der Waals surface area contributed by atoms with Crippen LogP contribution in [0.25, 0.3) is 0 Å². The summed E-state index contributed by atoms with van der Waals surface area (Å²) in [5.74, 6) is 1.85. The second-order valence-electron chi connectivity index (χ2n) is 5.49. The van der Waals surface area contributed by atoms with Crippen molar-refractivity contribution in [3.63, 3.8) is 0 Å². The van der Waals surface area contributed by atoms with E-state index in [1.54, 1.807) is 0 Å². The number of hydrogen-bond acceptors (Lipinski definition) is 3. The second kappa shape index (κ2) is 6.58. The largest absolute Gasteiger partial charge is 0.393 e. The molecule has 2 aliphatic heterocycles. The number of hydrogen-bond donors (Lipinski definition) is 2. The molecule has 0 radical (unpaired) electrons. The van der Waals surface area contributed by atoms with E-state index in [-0.39, 0.29) is 30.9 Å². The van der Waals surface area contributed by atoms with Crippen LogP contribution in [0.1, 0.15) is 25.7 Å². The molecule has 0 amide bonds. The van der Waals surface area contributed by atoms with Gasteiger partial charge < -0.3 is 10.4 Å². The highest BCUT2D eigenvalue weighted by Gasteiger charge is 2.42. The highest BCUT2D eigenvalue weighted by molar-refractivity contribution is 5.85. The Morgan fingerprint density at radius 3 is 2.35 bits per heavy atom. The van der Waals surface area contributed by atoms with Gasteiger partial charge in [0.15, 0.2) is 0 Å². The lowest BCUT2D eigenvalue weighted by atomic mass is 9.95. The Morgan fingerprint density at radius 2 is 1.65 bits per heavy atom. The molecular formula is C12H24Cl2N2O. The third-order valence-electron chi connectivity index (χ3n) is 4.69. The third-order valence-corrected chi connectivity index (χ3v) is 4.69. The van der Waals surface area contributed by atoms with Crippen LogP contribution in [0, 0.1) is 11.8 Å². The number of aliphatic hydroxyl groups excluding tert-OH is 1. The third kappa shape index (κ3) is 3.07. The molecule has 3 fully saturated rings. The molecule has 102 valence electrons. The smallest absolute Gasteiger partial charge is 0.0564 e. The molecule has 1 saturated carbocycles. The summed E-state index contributed by atoms with van der Waals surface area (Å²) in [5, 5.41) is 13.0. The fourth-order valence-corrected chi connectivity index (χ4v) is 3.79. The van der Waals surface area contributed by atoms with Crippen LogP contribution in [0.5, 0.6) is 0 Å². The average Bonchev–Trinajstić information content (AvgIpc) is 2.80. The lowest BCUT2D eigenvalue weighted by Gasteiger charge is -2.37. The molecule has 17 heavy (non-hydrogen) atoms. The highest BCUT2D eigenvalue weighted by Crippen LogP contribution is 2.38. The van der Waals surface area contributed by atoms with Crippen LogP contribution in [-0.2, 0) is 0 Å². The summed E-state index contributed by atoms with van der Waals surface area (Å²) >= 11 is 0. The van der Waals surface area contributed by atoms with Gasteiger partial charge in [0.25, 0.3) is 0 Å². The molecule has 0 aromatic carbocycles. The first-order valence-corrected chi connectivity index (χ1v) is 6.47. The van der Waals surface area contributed by atoms with Crippen LogP contribution in [-0.4, -0.2) is 48.3 Å². The van der Waals surface area contributed by atoms with Crippen LogP contribution >= 0.6 is 24.8 Å². The van der Waals surface area contributed by atoms with Gasteiger partial charge in [0.2, 0.25) is 0 Å². The summed E-state index contributed by atoms with van der Waals surface area (Å²) in [6, 6.07) is 0.817. The zero-order chi connectivity index (χ0) is 10.3. The van der Waals surface area contributed by atoms with E-state index in [1.807, 2.05) is 0 Å². The minimum atomic E-state index is -0.0276. The second-order valence-corrected chi connectivity index (χ2v) is 5.49. The molecule has 5 heteroatoms. The van der Waals surface area contributed by atoms with E-state index in [1.165, 1.54) is 25.9 Å². The average molecular weight is 283 g/mol. The summed E-state index contributed by atoms with van der Waals surface area (Å²) in [6.07, 6.45) is 4.76.